The van der Waals surface area contributed by atoms with E-state index < -0.39 is 25.3 Å². The number of carbonyl (C=O) groups excluding carboxylic acids is 2. The van der Waals surface area contributed by atoms with Gasteiger partial charge >= 0.3 is 0 Å². The monoisotopic (exact) mass is 1160 g/mol. The van der Waals surface area contributed by atoms with Gasteiger partial charge in [0.1, 0.15) is 0 Å². The Morgan fingerprint density at radius 3 is 1.28 bits per heavy atom. The number of halogens is 3. The number of nitrogens with zero attached hydrogens (tertiary/aromatic N) is 4. The molecule has 2 heterocycles. The van der Waals surface area contributed by atoms with E-state index in [1.807, 2.05) is 55.5 Å². The lowest BCUT2D eigenvalue weighted by Crippen LogP contribution is -2.49. The average molecular weight is 1160 g/mol. The Morgan fingerprint density at radius 1 is 0.538 bits per heavy atom. The number of hydrogen-bond donors (Lipinski definition) is 3. The highest BCUT2D eigenvalue weighted by atomic mass is 35.5. The van der Waals surface area contributed by atoms with E-state index in [1.54, 1.807) is 106 Å². The lowest BCUT2D eigenvalue weighted by molar-refractivity contribution is 0.0967. The number of sulfonamides is 2. The molecule has 8 rings (SSSR count). The summed E-state index contributed by atoms with van der Waals surface area (Å²) in [6.45, 7) is 15.8. The van der Waals surface area contributed by atoms with Crippen LogP contribution < -0.4 is 10.2 Å². The lowest BCUT2D eigenvalue weighted by atomic mass is 10.0. The molecule has 78 heavy (non-hydrogen) atoms. The molecule has 13 nitrogen and oxygen atoms in total. The normalized spacial score (nSPS) is 14.4. The van der Waals surface area contributed by atoms with Crippen LogP contribution in [0, 0.1) is 0 Å². The van der Waals surface area contributed by atoms with Gasteiger partial charge in [-0.3, -0.25) is 9.59 Å². The van der Waals surface area contributed by atoms with Crippen LogP contribution in [0.15, 0.2) is 155 Å². The van der Waals surface area contributed by atoms with Gasteiger partial charge in [-0.1, -0.05) is 131 Å². The predicted molar refractivity (Wildman–Crippen MR) is 317 cm³/mol. The molecular formula is C60H74Cl3N5O8S2. The molecular weight excluding hydrogens is 1090 g/mol. The Labute approximate surface area is 477 Å². The van der Waals surface area contributed by atoms with E-state index in [9.17, 15) is 31.5 Å². The van der Waals surface area contributed by atoms with Crippen LogP contribution in [-0.2, 0) is 46.1 Å². The minimum Gasteiger partial charge on any atom is -0.392 e. The Bertz CT molecular complexity index is 3020. The Morgan fingerprint density at radius 2 is 0.923 bits per heavy atom. The Balaban J connectivity index is 0.000000226. The second-order valence-electron chi connectivity index (χ2n) is 18.7. The van der Waals surface area contributed by atoms with E-state index in [-0.39, 0.29) is 36.1 Å². The largest absolute Gasteiger partial charge is 0.392 e. The molecule has 0 bridgehead atoms. The van der Waals surface area contributed by atoms with Crippen LogP contribution >= 0.6 is 34.8 Å². The fourth-order valence-electron chi connectivity index (χ4n) is 8.93. The SMILES string of the molecule is CCN(CC)CC.CCc1ccc(S(=O)(=O)N2CCC(N(C(=O)c3ccccc3Cl)c3ccc(CO)cc3)CC2)cc1.CCc1ccc(S(=O)(=O)N2CCC(Nc3ccc(CO)cc3)CC2)cc1.O=C(Cl)c1ccccc1Cl. The zero-order valence-corrected chi connectivity index (χ0v) is 49.1. The molecule has 420 valence electrons. The van der Waals surface area contributed by atoms with Gasteiger partial charge < -0.3 is 25.3 Å². The molecule has 0 saturated carbocycles. The molecule has 0 atom stereocenters. The average Bonchev–Trinajstić information content (AvgIpc) is 3.54. The quantitative estimate of drug-likeness (QED) is 0.0748. The van der Waals surface area contributed by atoms with Gasteiger partial charge in [-0.05, 0) is 165 Å². The van der Waals surface area contributed by atoms with Crippen molar-refractivity contribution in [1.29, 1.82) is 0 Å². The number of benzene rings is 6. The number of rotatable bonds is 17. The molecule has 0 radical (unpaired) electrons. The molecule has 2 aliphatic rings. The topological polar surface area (TPSA) is 168 Å². The van der Waals surface area contributed by atoms with E-state index in [2.05, 4.69) is 37.9 Å². The number of anilines is 2. The Kier molecular flexibility index (Phi) is 25.8. The van der Waals surface area contributed by atoms with Crippen LogP contribution in [0.25, 0.3) is 0 Å². The van der Waals surface area contributed by atoms with Gasteiger partial charge in [0.05, 0.1) is 44.2 Å². The molecule has 0 unspecified atom stereocenters. The summed E-state index contributed by atoms with van der Waals surface area (Å²) in [5.74, 6) is -0.233. The molecule has 0 spiro atoms. The van der Waals surface area contributed by atoms with Crippen LogP contribution in [0.2, 0.25) is 10.0 Å². The Hall–Kier alpha value is -5.17. The minimum absolute atomic E-state index is 0.0375. The maximum absolute atomic E-state index is 13.6. The number of aliphatic hydroxyl groups is 2. The molecule has 6 aromatic carbocycles. The number of amides is 1. The molecule has 2 aliphatic heterocycles. The zero-order chi connectivity index (χ0) is 56.8. The van der Waals surface area contributed by atoms with Crippen LogP contribution in [0.3, 0.4) is 0 Å². The number of hydrogen-bond acceptors (Lipinski definition) is 10. The predicted octanol–water partition coefficient (Wildman–Crippen LogP) is 12.0. The van der Waals surface area contributed by atoms with Gasteiger partial charge in [0.25, 0.3) is 11.1 Å². The van der Waals surface area contributed by atoms with E-state index in [0.29, 0.717) is 70.8 Å². The maximum Gasteiger partial charge on any atom is 0.260 e. The fourth-order valence-corrected chi connectivity index (χ4v) is 12.5. The third-order valence-corrected chi connectivity index (χ3v) is 18.5. The highest BCUT2D eigenvalue weighted by Gasteiger charge is 2.35. The van der Waals surface area contributed by atoms with Crippen molar-refractivity contribution in [2.45, 2.75) is 108 Å². The van der Waals surface area contributed by atoms with Crippen LogP contribution in [-0.4, -0.2) is 110 Å². The second-order valence-corrected chi connectivity index (χ2v) is 23.7. The van der Waals surface area contributed by atoms with E-state index in [0.717, 1.165) is 53.6 Å². The fraction of sp³-hybridized carbons (Fsp3) is 0.367. The maximum atomic E-state index is 13.6. The molecule has 3 N–H and O–H groups in total. The van der Waals surface area contributed by atoms with Crippen molar-refractivity contribution in [2.75, 3.05) is 56.0 Å². The summed E-state index contributed by atoms with van der Waals surface area (Å²) < 4.78 is 55.1. The third kappa shape index (κ3) is 17.9. The summed E-state index contributed by atoms with van der Waals surface area (Å²) in [6, 6.07) is 42.7. The summed E-state index contributed by atoms with van der Waals surface area (Å²) in [7, 11) is -7.02. The summed E-state index contributed by atoms with van der Waals surface area (Å²) >= 11 is 17.1. The van der Waals surface area contributed by atoms with Gasteiger partial charge in [-0.2, -0.15) is 8.61 Å². The summed E-state index contributed by atoms with van der Waals surface area (Å²) in [6.07, 6.45) is 4.27. The van der Waals surface area contributed by atoms with E-state index in [1.165, 1.54) is 23.9 Å². The molecule has 2 fully saturated rings. The van der Waals surface area contributed by atoms with E-state index in [4.69, 9.17) is 39.9 Å². The van der Waals surface area contributed by atoms with Crippen molar-refractivity contribution < 1.29 is 36.6 Å². The lowest BCUT2D eigenvalue weighted by Gasteiger charge is -2.38. The van der Waals surface area contributed by atoms with Gasteiger partial charge in [0.15, 0.2) is 0 Å². The van der Waals surface area contributed by atoms with Gasteiger partial charge in [-0.15, -0.1) is 0 Å². The number of aliphatic hydroxyl groups excluding tert-OH is 2. The number of nitrogens with one attached hydrogen (secondary N) is 1. The van der Waals surface area contributed by atoms with Crippen molar-refractivity contribution in [1.82, 2.24) is 13.5 Å². The first-order valence-electron chi connectivity index (χ1n) is 26.5. The first-order valence-corrected chi connectivity index (χ1v) is 30.5. The number of carbonyl (C=O) groups is 2. The van der Waals surface area contributed by atoms with Crippen molar-refractivity contribution in [3.05, 3.63) is 189 Å². The molecule has 0 aromatic heterocycles. The smallest absolute Gasteiger partial charge is 0.260 e. The van der Waals surface area contributed by atoms with Crippen molar-refractivity contribution in [2.24, 2.45) is 0 Å². The van der Waals surface area contributed by atoms with Crippen molar-refractivity contribution in [3.8, 4) is 0 Å². The summed E-state index contributed by atoms with van der Waals surface area (Å²) in [5, 5.41) is 22.2. The summed E-state index contributed by atoms with van der Waals surface area (Å²) in [4.78, 5) is 28.9. The standard InChI is InChI=1S/C27H29ClN2O4S.C20H26N2O3S.C7H4Cl2O.C6H15N/c1-2-20-9-13-24(14-10-20)35(33,34)29-17-15-23(16-18-29)30(22-11-7-21(19-31)8-12-22)27(32)25-5-3-4-6-26(25)28;1-2-16-5-9-20(10-6-16)26(24,25)22-13-11-19(12-14-22)21-18-7-3-17(15-23)4-8-18;8-6-4-2-1-3-5(6)7(9)10;1-4-7(5-2)6-3/h3-14,23,31H,2,15-19H2,1H3;3-10,19,21,23H,2,11-15H2,1H3;1-4H;4-6H2,1-3H3. The van der Waals surface area contributed by atoms with Crippen LogP contribution in [0.1, 0.15) is 103 Å². The van der Waals surface area contributed by atoms with Gasteiger partial charge in [0, 0.05) is 49.6 Å². The zero-order valence-electron chi connectivity index (χ0n) is 45.2. The first-order chi connectivity index (χ1) is 37.4. The van der Waals surface area contributed by atoms with Crippen LogP contribution in [0.5, 0.6) is 0 Å². The van der Waals surface area contributed by atoms with Crippen molar-refractivity contribution >= 4 is 77.4 Å². The minimum atomic E-state index is -3.61. The first kappa shape index (κ1) is 63.7. The molecule has 2 saturated heterocycles. The molecule has 6 aromatic rings. The summed E-state index contributed by atoms with van der Waals surface area (Å²) in [5.41, 5.74) is 6.28. The van der Waals surface area contributed by atoms with Crippen LogP contribution in [0.4, 0.5) is 11.4 Å². The molecule has 18 heteroatoms. The van der Waals surface area contributed by atoms with Gasteiger partial charge in [0.2, 0.25) is 20.0 Å². The van der Waals surface area contributed by atoms with Crippen molar-refractivity contribution in [3.63, 3.8) is 0 Å². The third-order valence-electron chi connectivity index (χ3n) is 13.8. The highest BCUT2D eigenvalue weighted by molar-refractivity contribution is 7.89. The number of aryl methyl sites for hydroxylation is 2. The number of piperidine rings is 2. The van der Waals surface area contributed by atoms with Gasteiger partial charge in [-0.25, -0.2) is 16.8 Å². The molecule has 0 aliphatic carbocycles. The highest BCUT2D eigenvalue weighted by Crippen LogP contribution is 2.31. The van der Waals surface area contributed by atoms with E-state index >= 15 is 0 Å². The molecule has 1 amide bonds. The second kappa shape index (κ2) is 31.6.